The van der Waals surface area contributed by atoms with Crippen LogP contribution in [0.3, 0.4) is 0 Å². The Balaban J connectivity index is 1.85. The molecule has 3 heterocycles. The molecule has 4 rings (SSSR count). The van der Waals surface area contributed by atoms with Crippen LogP contribution in [0.1, 0.15) is 69.6 Å². The van der Waals surface area contributed by atoms with Gasteiger partial charge >= 0.3 is 6.09 Å². The number of fused-ring (bicyclic) bond motifs is 1. The first-order chi connectivity index (χ1) is 15.8. The molecule has 1 amide bonds. The molecule has 0 aromatic carbocycles. The maximum atomic E-state index is 13.4. The number of carbonyl (C=O) groups excluding carboxylic acids is 2. The molecule has 0 saturated heterocycles. The van der Waals surface area contributed by atoms with Crippen LogP contribution in [-0.2, 0) is 16.1 Å². The van der Waals surface area contributed by atoms with Crippen LogP contribution in [0, 0.1) is 5.41 Å². The molecule has 1 atom stereocenters. The summed E-state index contributed by atoms with van der Waals surface area (Å²) in [5.41, 5.74) is 0.738. The lowest BCUT2D eigenvalue weighted by molar-refractivity contribution is -0.123. The molecule has 1 saturated carbocycles. The van der Waals surface area contributed by atoms with Gasteiger partial charge in [0.1, 0.15) is 16.5 Å². The van der Waals surface area contributed by atoms with Gasteiger partial charge in [-0.15, -0.1) is 22.7 Å². The van der Waals surface area contributed by atoms with Crippen LogP contribution in [0.25, 0.3) is 10.2 Å². The Morgan fingerprint density at radius 2 is 2.12 bits per heavy atom. The average molecular weight is 584 g/mol. The summed E-state index contributed by atoms with van der Waals surface area (Å²) in [4.78, 5) is 34.4. The first-order valence-corrected chi connectivity index (χ1v) is 14.1. The predicted molar refractivity (Wildman–Crippen MR) is 144 cm³/mol. The fourth-order valence-electron chi connectivity index (χ4n) is 4.20. The van der Waals surface area contributed by atoms with Gasteiger partial charge in [0.05, 0.1) is 32.8 Å². The van der Waals surface area contributed by atoms with Crippen LogP contribution >= 0.6 is 50.2 Å². The van der Waals surface area contributed by atoms with Gasteiger partial charge in [-0.2, -0.15) is 0 Å². The molecule has 1 fully saturated rings. The van der Waals surface area contributed by atoms with E-state index in [4.69, 9.17) is 16.3 Å². The molecule has 5 nitrogen and oxygen atoms in total. The number of amides is 1. The average Bonchev–Trinajstić information content (AvgIpc) is 3.35. The molecule has 9 heteroatoms. The van der Waals surface area contributed by atoms with Crippen molar-refractivity contribution in [1.82, 2.24) is 4.98 Å². The highest BCUT2D eigenvalue weighted by atomic mass is 79.9. The largest absolute Gasteiger partial charge is 0.443 e. The summed E-state index contributed by atoms with van der Waals surface area (Å²) >= 11 is 13.3. The van der Waals surface area contributed by atoms with Gasteiger partial charge < -0.3 is 4.74 Å². The summed E-state index contributed by atoms with van der Waals surface area (Å²) in [6.07, 6.45) is 1.80. The number of nitrogens with zero attached hydrogens (tertiary/aromatic N) is 2. The van der Waals surface area contributed by atoms with Crippen molar-refractivity contribution in [3.63, 3.8) is 0 Å². The highest BCUT2D eigenvalue weighted by molar-refractivity contribution is 9.10. The van der Waals surface area contributed by atoms with E-state index in [1.54, 1.807) is 22.3 Å². The third kappa shape index (κ3) is 5.50. The summed E-state index contributed by atoms with van der Waals surface area (Å²) in [5, 5.41) is 2.26. The van der Waals surface area contributed by atoms with E-state index in [1.807, 2.05) is 38.3 Å². The van der Waals surface area contributed by atoms with Gasteiger partial charge in [0.2, 0.25) is 0 Å². The number of halogens is 2. The number of hydrogen-bond donors (Lipinski definition) is 0. The Bertz CT molecular complexity index is 1230. The van der Waals surface area contributed by atoms with Gasteiger partial charge in [-0.05, 0) is 66.4 Å². The fraction of sp³-hybridized carbons (Fsp3) is 0.480. The molecular formula is C25H28BrClN2O3S2. The smallest absolute Gasteiger partial charge is 0.415 e. The van der Waals surface area contributed by atoms with E-state index >= 15 is 0 Å². The zero-order valence-corrected chi connectivity index (χ0v) is 23.9. The van der Waals surface area contributed by atoms with Crippen molar-refractivity contribution in [2.24, 2.45) is 5.41 Å². The van der Waals surface area contributed by atoms with E-state index in [0.717, 1.165) is 31.8 Å². The molecule has 1 unspecified atom stereocenters. The lowest BCUT2D eigenvalue weighted by Crippen LogP contribution is -2.36. The van der Waals surface area contributed by atoms with Crippen LogP contribution in [0.4, 0.5) is 10.5 Å². The number of anilines is 1. The molecule has 0 radical (unpaired) electrons. The third-order valence-electron chi connectivity index (χ3n) is 5.87. The molecule has 0 N–H and O–H groups in total. The number of hydrogen-bond acceptors (Lipinski definition) is 6. The van der Waals surface area contributed by atoms with E-state index in [1.165, 1.54) is 11.3 Å². The van der Waals surface area contributed by atoms with E-state index < -0.39 is 11.7 Å². The number of carbonyl (C=O) groups is 2. The van der Waals surface area contributed by atoms with Gasteiger partial charge in [0, 0.05) is 22.2 Å². The normalized spacial score (nSPS) is 18.3. The van der Waals surface area contributed by atoms with E-state index in [2.05, 4.69) is 34.8 Å². The topological polar surface area (TPSA) is 59.5 Å². The SMILES string of the molecule is CC1(C)CCC(=O)C(c2sc3c(N(Cc4cccs4)C(=O)OC(C)(C)C)cc(Cl)nc3c2Br)C1. The Hall–Kier alpha value is -1.48. The summed E-state index contributed by atoms with van der Waals surface area (Å²) < 4.78 is 7.35. The quantitative estimate of drug-likeness (QED) is 0.289. The van der Waals surface area contributed by atoms with Crippen molar-refractivity contribution < 1.29 is 14.3 Å². The Kier molecular flexibility index (Phi) is 7.17. The zero-order valence-electron chi connectivity index (χ0n) is 19.9. The van der Waals surface area contributed by atoms with Gasteiger partial charge in [0.25, 0.3) is 0 Å². The van der Waals surface area contributed by atoms with Crippen molar-refractivity contribution in [2.45, 2.75) is 71.9 Å². The van der Waals surface area contributed by atoms with Crippen molar-refractivity contribution in [3.05, 3.63) is 43.0 Å². The minimum atomic E-state index is -0.651. The predicted octanol–water partition coefficient (Wildman–Crippen LogP) is 8.58. The van der Waals surface area contributed by atoms with Crippen molar-refractivity contribution in [1.29, 1.82) is 0 Å². The zero-order chi connectivity index (χ0) is 24.8. The van der Waals surface area contributed by atoms with Crippen LogP contribution in [0.2, 0.25) is 5.15 Å². The summed E-state index contributed by atoms with van der Waals surface area (Å²) in [6, 6.07) is 5.65. The number of rotatable bonds is 4. The maximum absolute atomic E-state index is 13.4. The van der Waals surface area contributed by atoms with E-state index in [9.17, 15) is 9.59 Å². The Morgan fingerprint density at radius 3 is 2.76 bits per heavy atom. The highest BCUT2D eigenvalue weighted by Crippen LogP contribution is 2.50. The number of aromatic nitrogens is 1. The van der Waals surface area contributed by atoms with Crippen LogP contribution in [-0.4, -0.2) is 22.5 Å². The van der Waals surface area contributed by atoms with E-state index in [0.29, 0.717) is 24.2 Å². The van der Waals surface area contributed by atoms with Gasteiger partial charge in [0.15, 0.2) is 0 Å². The maximum Gasteiger partial charge on any atom is 0.415 e. The standard InChI is InChI=1S/C25H28BrClN2O3S2/c1-24(2,3)32-23(31)29(13-14-7-6-10-33-14)16-11-18(27)28-20-19(26)21(34-22(16)20)15-12-25(4,5)9-8-17(15)30/h6-7,10-11,15H,8-9,12-13H2,1-5H3. The number of pyridine rings is 1. The Morgan fingerprint density at radius 1 is 1.38 bits per heavy atom. The molecule has 1 aliphatic carbocycles. The minimum absolute atomic E-state index is 0.0871. The lowest BCUT2D eigenvalue weighted by atomic mass is 9.71. The van der Waals surface area contributed by atoms with Crippen molar-refractivity contribution in [3.8, 4) is 0 Å². The number of ketones is 1. The highest BCUT2D eigenvalue weighted by Gasteiger charge is 2.37. The first kappa shape index (κ1) is 25.6. The number of thiophene rings is 2. The monoisotopic (exact) mass is 582 g/mol. The molecule has 1 aliphatic rings. The summed E-state index contributed by atoms with van der Waals surface area (Å²) in [6.45, 7) is 10.3. The Labute approximate surface area is 221 Å². The molecule has 34 heavy (non-hydrogen) atoms. The number of Topliss-reactive ketones (excluding diaryl/α,β-unsaturated/α-hetero) is 1. The molecule has 0 spiro atoms. The lowest BCUT2D eigenvalue weighted by Gasteiger charge is -2.33. The second kappa shape index (κ2) is 9.52. The fourth-order valence-corrected chi connectivity index (χ4v) is 7.30. The van der Waals surface area contributed by atoms with Crippen molar-refractivity contribution >= 4 is 78.0 Å². The summed E-state index contributed by atoms with van der Waals surface area (Å²) in [5.74, 6) is 0.0537. The molecule has 3 aromatic heterocycles. The first-order valence-electron chi connectivity index (χ1n) is 11.2. The molecule has 0 bridgehead atoms. The van der Waals surface area contributed by atoms with Crippen LogP contribution in [0.15, 0.2) is 28.1 Å². The van der Waals surface area contributed by atoms with Crippen molar-refractivity contribution in [2.75, 3.05) is 4.90 Å². The van der Waals surface area contributed by atoms with Gasteiger partial charge in [-0.3, -0.25) is 9.69 Å². The van der Waals surface area contributed by atoms with Crippen LogP contribution < -0.4 is 4.90 Å². The van der Waals surface area contributed by atoms with E-state index in [-0.39, 0.29) is 22.3 Å². The van der Waals surface area contributed by atoms with Gasteiger partial charge in [-0.25, -0.2) is 9.78 Å². The second-order valence-corrected chi connectivity index (χ2v) is 13.7. The summed E-state index contributed by atoms with van der Waals surface area (Å²) in [7, 11) is 0. The second-order valence-electron chi connectivity index (χ2n) is 10.5. The van der Waals surface area contributed by atoms with Crippen LogP contribution in [0.5, 0.6) is 0 Å². The third-order valence-corrected chi connectivity index (χ3v) is 9.30. The minimum Gasteiger partial charge on any atom is -0.443 e. The molecule has 0 aliphatic heterocycles. The molecular weight excluding hydrogens is 556 g/mol. The number of ether oxygens (including phenoxy) is 1. The van der Waals surface area contributed by atoms with Gasteiger partial charge in [-0.1, -0.05) is 31.5 Å². The molecule has 3 aromatic rings. The molecule has 182 valence electrons.